The van der Waals surface area contributed by atoms with Gasteiger partial charge in [0.25, 0.3) is 0 Å². The normalized spacial score (nSPS) is 13.6. The summed E-state index contributed by atoms with van der Waals surface area (Å²) in [6.45, 7) is 2.90. The van der Waals surface area contributed by atoms with Gasteiger partial charge in [-0.15, -0.1) is 0 Å². The third-order valence-corrected chi connectivity index (χ3v) is 1.47. The molecule has 2 heteroatoms. The molecule has 1 nitrogen and oxygen atoms in total. The van der Waals surface area contributed by atoms with Crippen LogP contribution in [0.2, 0.25) is 5.82 Å². The molecular weight excluding hydrogens is 109 g/mol. The molecule has 52 valence electrons. The maximum Gasteiger partial charge on any atom is 0.0700 e. The smallest absolute Gasteiger partial charge is 0.0700 e. The summed E-state index contributed by atoms with van der Waals surface area (Å²) in [4.78, 5) is 0. The highest BCUT2D eigenvalue weighted by molar-refractivity contribution is 6.11. The number of rotatable bonds is 5. The molecule has 0 aromatic carbocycles. The Bertz CT molecular complexity index is 56.9. The molecule has 0 saturated heterocycles. The maximum absolute atomic E-state index is 5.69. The van der Waals surface area contributed by atoms with Gasteiger partial charge >= 0.3 is 0 Å². The SMILES string of the molecule is [B]C(CCN)CCCC. The van der Waals surface area contributed by atoms with E-state index in [1.54, 1.807) is 0 Å². The fourth-order valence-electron chi connectivity index (χ4n) is 0.825. The Morgan fingerprint density at radius 1 is 1.44 bits per heavy atom. The molecule has 0 saturated carbocycles. The van der Waals surface area contributed by atoms with Gasteiger partial charge in [-0.25, -0.2) is 0 Å². The molecule has 2 N–H and O–H groups in total. The lowest BCUT2D eigenvalue weighted by molar-refractivity contribution is 0.637. The van der Waals surface area contributed by atoms with E-state index < -0.39 is 0 Å². The van der Waals surface area contributed by atoms with Crippen LogP contribution in [0.5, 0.6) is 0 Å². The zero-order chi connectivity index (χ0) is 7.11. The van der Waals surface area contributed by atoms with Crippen LogP contribution in [0.15, 0.2) is 0 Å². The van der Waals surface area contributed by atoms with Crippen LogP contribution in [0.25, 0.3) is 0 Å². The molecule has 0 aromatic heterocycles. The average Bonchev–Trinajstić information content (AvgIpc) is 1.85. The second-order valence-electron chi connectivity index (χ2n) is 2.48. The Balaban J connectivity index is 2.95. The van der Waals surface area contributed by atoms with Crippen LogP contribution in [-0.2, 0) is 0 Å². The zero-order valence-electron chi connectivity index (χ0n) is 6.27. The van der Waals surface area contributed by atoms with Crippen molar-refractivity contribution < 1.29 is 0 Å². The van der Waals surface area contributed by atoms with Gasteiger partial charge in [0.15, 0.2) is 0 Å². The highest BCUT2D eigenvalue weighted by Crippen LogP contribution is 2.12. The minimum Gasteiger partial charge on any atom is -0.330 e. The average molecular weight is 125 g/mol. The Labute approximate surface area is 59.4 Å². The van der Waals surface area contributed by atoms with E-state index in [-0.39, 0.29) is 0 Å². The quantitative estimate of drug-likeness (QED) is 0.553. The first-order chi connectivity index (χ1) is 4.31. The van der Waals surface area contributed by atoms with Crippen LogP contribution < -0.4 is 5.73 Å². The van der Waals surface area contributed by atoms with Crippen molar-refractivity contribution in [3.8, 4) is 0 Å². The molecule has 0 aliphatic heterocycles. The predicted octanol–water partition coefficient (Wildman–Crippen LogP) is 1.48. The first-order valence-corrected chi connectivity index (χ1v) is 3.77. The summed E-state index contributed by atoms with van der Waals surface area (Å²) in [5, 5.41) is 0. The topological polar surface area (TPSA) is 26.0 Å². The van der Waals surface area contributed by atoms with Crippen molar-refractivity contribution in [2.75, 3.05) is 6.54 Å². The van der Waals surface area contributed by atoms with Crippen LogP contribution in [0, 0.1) is 0 Å². The molecule has 1 unspecified atom stereocenters. The predicted molar refractivity (Wildman–Crippen MR) is 42.7 cm³/mol. The minimum absolute atomic E-state index is 0.343. The van der Waals surface area contributed by atoms with Crippen LogP contribution in [0.1, 0.15) is 32.6 Å². The first-order valence-electron chi connectivity index (χ1n) is 3.77. The van der Waals surface area contributed by atoms with Gasteiger partial charge in [0.2, 0.25) is 0 Å². The van der Waals surface area contributed by atoms with Crippen molar-refractivity contribution in [2.45, 2.75) is 38.4 Å². The van der Waals surface area contributed by atoms with Crippen molar-refractivity contribution in [2.24, 2.45) is 5.73 Å². The molecule has 0 fully saturated rings. The Morgan fingerprint density at radius 2 is 2.11 bits per heavy atom. The van der Waals surface area contributed by atoms with E-state index in [1.165, 1.54) is 12.8 Å². The van der Waals surface area contributed by atoms with Gasteiger partial charge in [0, 0.05) is 0 Å². The second kappa shape index (κ2) is 6.15. The zero-order valence-corrected chi connectivity index (χ0v) is 6.27. The molecule has 0 bridgehead atoms. The molecule has 0 spiro atoms. The largest absolute Gasteiger partial charge is 0.330 e. The first kappa shape index (κ1) is 9.02. The van der Waals surface area contributed by atoms with Crippen LogP contribution in [0.4, 0.5) is 0 Å². The van der Waals surface area contributed by atoms with Gasteiger partial charge in [0.05, 0.1) is 7.85 Å². The number of unbranched alkanes of at least 4 members (excludes halogenated alkanes) is 1. The monoisotopic (exact) mass is 125 g/mol. The molecule has 1 atom stereocenters. The van der Waals surface area contributed by atoms with E-state index >= 15 is 0 Å². The number of hydrogen-bond acceptors (Lipinski definition) is 1. The van der Waals surface area contributed by atoms with Gasteiger partial charge in [-0.2, -0.15) is 0 Å². The van der Waals surface area contributed by atoms with E-state index in [1.807, 2.05) is 0 Å². The number of nitrogens with two attached hydrogens (primary N) is 1. The van der Waals surface area contributed by atoms with Gasteiger partial charge in [-0.3, -0.25) is 0 Å². The molecule has 9 heavy (non-hydrogen) atoms. The van der Waals surface area contributed by atoms with Crippen molar-refractivity contribution in [3.05, 3.63) is 0 Å². The van der Waals surface area contributed by atoms with E-state index in [9.17, 15) is 0 Å². The van der Waals surface area contributed by atoms with E-state index in [0.29, 0.717) is 5.82 Å². The Hall–Kier alpha value is 0.0249. The van der Waals surface area contributed by atoms with Crippen molar-refractivity contribution >= 4 is 7.85 Å². The maximum atomic E-state index is 5.69. The summed E-state index contributed by atoms with van der Waals surface area (Å²) < 4.78 is 0. The minimum atomic E-state index is 0.343. The third kappa shape index (κ3) is 5.90. The van der Waals surface area contributed by atoms with Gasteiger partial charge in [0.1, 0.15) is 0 Å². The molecule has 0 heterocycles. The summed E-state index contributed by atoms with van der Waals surface area (Å²) in [5.41, 5.74) is 5.32. The number of hydrogen-bond donors (Lipinski definition) is 1. The Kier molecular flexibility index (Phi) is 6.17. The highest BCUT2D eigenvalue weighted by atomic mass is 14.5. The molecule has 2 radical (unpaired) electrons. The fraction of sp³-hybridized carbons (Fsp3) is 1.00. The summed E-state index contributed by atoms with van der Waals surface area (Å²) in [5.74, 6) is 0.343. The van der Waals surface area contributed by atoms with Crippen LogP contribution >= 0.6 is 0 Å². The molecule has 0 aliphatic carbocycles. The summed E-state index contributed by atoms with van der Waals surface area (Å²) >= 11 is 0. The third-order valence-electron chi connectivity index (χ3n) is 1.47. The van der Waals surface area contributed by atoms with Crippen molar-refractivity contribution in [1.29, 1.82) is 0 Å². The fourth-order valence-corrected chi connectivity index (χ4v) is 0.825. The summed E-state index contributed by atoms with van der Waals surface area (Å²) in [7, 11) is 5.69. The molecule has 0 aliphatic rings. The van der Waals surface area contributed by atoms with E-state index in [4.69, 9.17) is 13.6 Å². The lowest BCUT2D eigenvalue weighted by Gasteiger charge is -2.07. The summed E-state index contributed by atoms with van der Waals surface area (Å²) in [6.07, 6.45) is 4.58. The second-order valence-corrected chi connectivity index (χ2v) is 2.48. The lowest BCUT2D eigenvalue weighted by Crippen LogP contribution is -2.03. The lowest BCUT2D eigenvalue weighted by atomic mass is 9.80. The van der Waals surface area contributed by atoms with E-state index in [0.717, 1.165) is 19.4 Å². The molecular formula is C7H16BN. The van der Waals surface area contributed by atoms with Crippen LogP contribution in [0.3, 0.4) is 0 Å². The van der Waals surface area contributed by atoms with Crippen molar-refractivity contribution in [3.63, 3.8) is 0 Å². The van der Waals surface area contributed by atoms with Gasteiger partial charge < -0.3 is 5.73 Å². The standard InChI is InChI=1S/C7H16BN/c1-2-3-4-7(8)5-6-9/h7H,2-6,9H2,1H3. The Morgan fingerprint density at radius 3 is 2.56 bits per heavy atom. The summed E-state index contributed by atoms with van der Waals surface area (Å²) in [6, 6.07) is 0. The van der Waals surface area contributed by atoms with Gasteiger partial charge in [-0.1, -0.05) is 32.0 Å². The van der Waals surface area contributed by atoms with Crippen LogP contribution in [-0.4, -0.2) is 14.4 Å². The van der Waals surface area contributed by atoms with E-state index in [2.05, 4.69) is 6.92 Å². The van der Waals surface area contributed by atoms with Crippen molar-refractivity contribution in [1.82, 2.24) is 0 Å². The molecule has 0 amide bonds. The molecule has 0 rings (SSSR count). The highest BCUT2D eigenvalue weighted by Gasteiger charge is 1.97. The van der Waals surface area contributed by atoms with Gasteiger partial charge in [-0.05, 0) is 13.0 Å². The molecule has 0 aromatic rings.